The Bertz CT molecular complexity index is 682. The molecule has 118 valence electrons. The molecule has 0 spiro atoms. The third kappa shape index (κ3) is 4.94. The number of hydrogen-bond donors (Lipinski definition) is 2. The highest BCUT2D eigenvalue weighted by atomic mass is 32.2. The Hall–Kier alpha value is -1.69. The van der Waals surface area contributed by atoms with E-state index < -0.39 is 10.0 Å². The number of benzene rings is 2. The molecule has 4 nitrogen and oxygen atoms in total. The molecule has 0 aliphatic carbocycles. The molecule has 0 bridgehead atoms. The van der Waals surface area contributed by atoms with Crippen LogP contribution in [0.25, 0.3) is 0 Å². The zero-order chi connectivity index (χ0) is 16.0. The zero-order valence-corrected chi connectivity index (χ0v) is 13.5. The van der Waals surface area contributed by atoms with Crippen molar-refractivity contribution in [2.75, 3.05) is 13.1 Å². The molecule has 0 amide bonds. The summed E-state index contributed by atoms with van der Waals surface area (Å²) in [5.41, 5.74) is 2.42. The second-order valence-corrected chi connectivity index (χ2v) is 7.02. The van der Waals surface area contributed by atoms with Gasteiger partial charge in [-0.05, 0) is 42.1 Å². The summed E-state index contributed by atoms with van der Waals surface area (Å²) in [6.07, 6.45) is 0.854. The summed E-state index contributed by atoms with van der Waals surface area (Å²) in [6.45, 7) is 3.97. The molecule has 0 fully saturated rings. The number of rotatable bonds is 7. The Kier molecular flexibility index (Phi) is 5.71. The summed E-state index contributed by atoms with van der Waals surface area (Å²) in [4.78, 5) is 0.155. The largest absolute Gasteiger partial charge is 0.316 e. The van der Waals surface area contributed by atoms with Crippen LogP contribution in [-0.2, 0) is 16.4 Å². The number of primary sulfonamides is 1. The third-order valence-electron chi connectivity index (χ3n) is 3.66. The maximum absolute atomic E-state index is 11.2. The van der Waals surface area contributed by atoms with Crippen molar-refractivity contribution in [2.45, 2.75) is 24.2 Å². The molecule has 5 heteroatoms. The highest BCUT2D eigenvalue weighted by molar-refractivity contribution is 7.89. The van der Waals surface area contributed by atoms with Gasteiger partial charge in [-0.3, -0.25) is 0 Å². The first-order valence-corrected chi connectivity index (χ1v) is 8.89. The van der Waals surface area contributed by atoms with Crippen molar-refractivity contribution in [1.29, 1.82) is 0 Å². The van der Waals surface area contributed by atoms with E-state index in [0.29, 0.717) is 5.92 Å². The van der Waals surface area contributed by atoms with Crippen molar-refractivity contribution >= 4 is 10.0 Å². The van der Waals surface area contributed by atoms with Crippen molar-refractivity contribution in [3.05, 3.63) is 65.7 Å². The highest BCUT2D eigenvalue weighted by Gasteiger charge is 2.07. The van der Waals surface area contributed by atoms with Gasteiger partial charge in [0.05, 0.1) is 4.90 Å². The minimum atomic E-state index is -3.60. The minimum absolute atomic E-state index is 0.155. The second kappa shape index (κ2) is 7.54. The number of nitrogens with one attached hydrogen (secondary N) is 1. The fourth-order valence-corrected chi connectivity index (χ4v) is 2.81. The molecule has 2 rings (SSSR count). The molecule has 0 unspecified atom stereocenters. The lowest BCUT2D eigenvalue weighted by atomic mass is 10.0. The van der Waals surface area contributed by atoms with Gasteiger partial charge in [0.2, 0.25) is 10.0 Å². The molecule has 2 aromatic carbocycles. The van der Waals surface area contributed by atoms with Crippen LogP contribution in [0.4, 0.5) is 0 Å². The Balaban J connectivity index is 1.77. The molecule has 0 aliphatic heterocycles. The van der Waals surface area contributed by atoms with E-state index in [-0.39, 0.29) is 4.90 Å². The van der Waals surface area contributed by atoms with Crippen molar-refractivity contribution in [2.24, 2.45) is 5.14 Å². The van der Waals surface area contributed by atoms with Gasteiger partial charge in [0, 0.05) is 6.54 Å². The lowest BCUT2D eigenvalue weighted by molar-refractivity contribution is 0.597. The molecule has 0 aliphatic rings. The van der Waals surface area contributed by atoms with E-state index in [1.807, 2.05) is 18.2 Å². The average molecular weight is 318 g/mol. The van der Waals surface area contributed by atoms with Crippen LogP contribution in [0.2, 0.25) is 0 Å². The molecule has 0 saturated carbocycles. The van der Waals surface area contributed by atoms with Crippen LogP contribution in [-0.4, -0.2) is 21.5 Å². The van der Waals surface area contributed by atoms with Crippen LogP contribution in [0.15, 0.2) is 59.5 Å². The van der Waals surface area contributed by atoms with Gasteiger partial charge in [-0.15, -0.1) is 0 Å². The molecule has 0 saturated heterocycles. The van der Waals surface area contributed by atoms with E-state index >= 15 is 0 Å². The van der Waals surface area contributed by atoms with Crippen molar-refractivity contribution in [3.8, 4) is 0 Å². The van der Waals surface area contributed by atoms with Gasteiger partial charge in [-0.2, -0.15) is 0 Å². The van der Waals surface area contributed by atoms with Crippen LogP contribution >= 0.6 is 0 Å². The first-order chi connectivity index (χ1) is 10.5. The zero-order valence-electron chi connectivity index (χ0n) is 12.7. The second-order valence-electron chi connectivity index (χ2n) is 5.45. The summed E-state index contributed by atoms with van der Waals surface area (Å²) >= 11 is 0. The lowest BCUT2D eigenvalue weighted by Crippen LogP contribution is -2.22. The van der Waals surface area contributed by atoms with Crippen LogP contribution < -0.4 is 10.5 Å². The van der Waals surface area contributed by atoms with Crippen LogP contribution in [0.5, 0.6) is 0 Å². The van der Waals surface area contributed by atoms with E-state index in [1.165, 1.54) is 5.56 Å². The average Bonchev–Trinajstić information content (AvgIpc) is 2.52. The Morgan fingerprint density at radius 3 is 2.27 bits per heavy atom. The van der Waals surface area contributed by atoms with Crippen molar-refractivity contribution in [3.63, 3.8) is 0 Å². The molecule has 2 aromatic rings. The van der Waals surface area contributed by atoms with Gasteiger partial charge in [-0.1, -0.05) is 49.4 Å². The van der Waals surface area contributed by atoms with Crippen LogP contribution in [0.1, 0.15) is 24.0 Å². The molecule has 0 radical (unpaired) electrons. The molecule has 3 N–H and O–H groups in total. The van der Waals surface area contributed by atoms with E-state index in [4.69, 9.17) is 5.14 Å². The molecule has 0 aromatic heterocycles. The first-order valence-electron chi connectivity index (χ1n) is 7.34. The fourth-order valence-electron chi connectivity index (χ4n) is 2.30. The molecule has 1 atom stereocenters. The summed E-state index contributed by atoms with van der Waals surface area (Å²) < 4.78 is 22.4. The summed E-state index contributed by atoms with van der Waals surface area (Å²) in [5.74, 6) is 0.464. The van der Waals surface area contributed by atoms with Crippen molar-refractivity contribution < 1.29 is 8.42 Å². The van der Waals surface area contributed by atoms with E-state index in [9.17, 15) is 8.42 Å². The van der Waals surface area contributed by atoms with E-state index in [0.717, 1.165) is 25.1 Å². The normalized spacial score (nSPS) is 13.0. The standard InChI is InChI=1S/C17H22N2O2S/c1-14(16-5-3-2-4-6-16)13-19-12-11-15-7-9-17(10-8-15)22(18,20)21/h2-10,14,19H,11-13H2,1H3,(H2,18,20,21)/t14-/m0/s1. The van der Waals surface area contributed by atoms with Gasteiger partial charge >= 0.3 is 0 Å². The van der Waals surface area contributed by atoms with Gasteiger partial charge in [0.15, 0.2) is 0 Å². The predicted octanol–water partition coefficient (Wildman–Crippen LogP) is 2.27. The van der Waals surface area contributed by atoms with Crippen LogP contribution in [0, 0.1) is 0 Å². The van der Waals surface area contributed by atoms with E-state index in [2.05, 4.69) is 36.5 Å². The maximum Gasteiger partial charge on any atom is 0.238 e. The summed E-state index contributed by atoms with van der Waals surface area (Å²) in [7, 11) is -3.60. The summed E-state index contributed by atoms with van der Waals surface area (Å²) in [5, 5.41) is 8.51. The highest BCUT2D eigenvalue weighted by Crippen LogP contribution is 2.13. The van der Waals surface area contributed by atoms with Gasteiger partial charge in [-0.25, -0.2) is 13.6 Å². The molecule has 0 heterocycles. The Morgan fingerprint density at radius 1 is 1.05 bits per heavy atom. The Morgan fingerprint density at radius 2 is 1.68 bits per heavy atom. The van der Waals surface area contributed by atoms with E-state index in [1.54, 1.807) is 12.1 Å². The molecular formula is C17H22N2O2S. The Labute approximate surface area is 132 Å². The topological polar surface area (TPSA) is 72.2 Å². The maximum atomic E-state index is 11.2. The number of sulfonamides is 1. The van der Waals surface area contributed by atoms with Crippen LogP contribution in [0.3, 0.4) is 0 Å². The lowest BCUT2D eigenvalue weighted by Gasteiger charge is -2.13. The molecular weight excluding hydrogens is 296 g/mol. The predicted molar refractivity (Wildman–Crippen MR) is 89.2 cm³/mol. The quantitative estimate of drug-likeness (QED) is 0.769. The smallest absolute Gasteiger partial charge is 0.238 e. The summed E-state index contributed by atoms with van der Waals surface area (Å²) in [6, 6.07) is 17.1. The van der Waals surface area contributed by atoms with Gasteiger partial charge < -0.3 is 5.32 Å². The fraction of sp³-hybridized carbons (Fsp3) is 0.294. The SMILES string of the molecule is C[C@@H](CNCCc1ccc(S(N)(=O)=O)cc1)c1ccccc1. The molecule has 22 heavy (non-hydrogen) atoms. The van der Waals surface area contributed by atoms with Crippen molar-refractivity contribution in [1.82, 2.24) is 5.32 Å². The monoisotopic (exact) mass is 318 g/mol. The first kappa shape index (κ1) is 16.7. The minimum Gasteiger partial charge on any atom is -0.316 e. The number of nitrogens with two attached hydrogens (primary N) is 1. The third-order valence-corrected chi connectivity index (χ3v) is 4.59. The number of hydrogen-bond acceptors (Lipinski definition) is 3. The van der Waals surface area contributed by atoms with Gasteiger partial charge in [0.25, 0.3) is 0 Å². The van der Waals surface area contributed by atoms with Gasteiger partial charge in [0.1, 0.15) is 0 Å².